The van der Waals surface area contributed by atoms with E-state index in [0.29, 0.717) is 12.2 Å². The lowest BCUT2D eigenvalue weighted by Crippen LogP contribution is -2.23. The van der Waals surface area contributed by atoms with Crippen molar-refractivity contribution >= 4 is 27.5 Å². The van der Waals surface area contributed by atoms with Crippen molar-refractivity contribution in [3.63, 3.8) is 0 Å². The fraction of sp³-hybridized carbons (Fsp3) is 0.235. The Morgan fingerprint density at radius 1 is 1.32 bits per heavy atom. The summed E-state index contributed by atoms with van der Waals surface area (Å²) in [6.45, 7) is 4.14. The first-order valence-corrected chi connectivity index (χ1v) is 8.50. The first-order valence-electron chi connectivity index (χ1n) is 7.71. The van der Waals surface area contributed by atoms with Gasteiger partial charge in [0.25, 0.3) is 0 Å². The molecule has 0 radical (unpaired) electrons. The lowest BCUT2D eigenvalue weighted by atomic mass is 10.2. The van der Waals surface area contributed by atoms with Crippen LogP contribution < -0.4 is 5.32 Å². The summed E-state index contributed by atoms with van der Waals surface area (Å²) in [6.07, 6.45) is 5.09. The zero-order chi connectivity index (χ0) is 18.0. The summed E-state index contributed by atoms with van der Waals surface area (Å²) in [4.78, 5) is 12.4. The van der Waals surface area contributed by atoms with Crippen LogP contribution in [-0.2, 0) is 11.3 Å². The van der Waals surface area contributed by atoms with Gasteiger partial charge in [-0.3, -0.25) is 14.2 Å². The molecule has 1 atom stereocenters. The van der Waals surface area contributed by atoms with E-state index in [-0.39, 0.29) is 11.7 Å². The molecule has 2 heterocycles. The van der Waals surface area contributed by atoms with Gasteiger partial charge in [0.2, 0.25) is 5.91 Å². The fourth-order valence-electron chi connectivity index (χ4n) is 2.32. The number of amides is 1. The van der Waals surface area contributed by atoms with E-state index in [2.05, 4.69) is 31.4 Å². The highest BCUT2D eigenvalue weighted by atomic mass is 79.9. The van der Waals surface area contributed by atoms with Crippen LogP contribution in [0.2, 0.25) is 0 Å². The number of aromatic nitrogens is 4. The molecule has 6 nitrogen and oxygen atoms in total. The molecule has 0 saturated heterocycles. The van der Waals surface area contributed by atoms with Crippen molar-refractivity contribution < 1.29 is 9.18 Å². The smallest absolute Gasteiger partial charge is 0.249 e. The summed E-state index contributed by atoms with van der Waals surface area (Å²) in [7, 11) is 0. The number of rotatable bonds is 5. The van der Waals surface area contributed by atoms with Gasteiger partial charge in [-0.05, 0) is 47.5 Å². The lowest BCUT2D eigenvalue weighted by molar-refractivity contribution is -0.119. The Hall–Kier alpha value is -2.48. The predicted molar refractivity (Wildman–Crippen MR) is 95.7 cm³/mol. The number of anilines is 1. The molecule has 8 heteroatoms. The van der Waals surface area contributed by atoms with E-state index in [0.717, 1.165) is 15.7 Å². The molecular formula is C17H17BrFN5O. The van der Waals surface area contributed by atoms with Gasteiger partial charge in [-0.2, -0.15) is 10.2 Å². The van der Waals surface area contributed by atoms with Gasteiger partial charge in [-0.25, -0.2) is 4.39 Å². The number of aryl methyl sites for hydroxylation is 1. The summed E-state index contributed by atoms with van der Waals surface area (Å²) in [6, 6.07) is 5.77. The fourth-order valence-corrected chi connectivity index (χ4v) is 2.61. The number of carbonyl (C=O) groups excluding carboxylic acids is 1. The minimum absolute atomic E-state index is 0.184. The van der Waals surface area contributed by atoms with E-state index in [9.17, 15) is 9.18 Å². The molecule has 1 N–H and O–H groups in total. The van der Waals surface area contributed by atoms with Crippen LogP contribution in [0.15, 0.2) is 47.3 Å². The molecule has 0 fully saturated rings. The van der Waals surface area contributed by atoms with E-state index in [1.54, 1.807) is 47.0 Å². The van der Waals surface area contributed by atoms with Crippen LogP contribution in [0.5, 0.6) is 0 Å². The predicted octanol–water partition coefficient (Wildman–Crippen LogP) is 3.54. The van der Waals surface area contributed by atoms with Crippen LogP contribution in [-0.4, -0.2) is 25.5 Å². The summed E-state index contributed by atoms with van der Waals surface area (Å²) in [5.74, 6) is -0.456. The van der Waals surface area contributed by atoms with Crippen LogP contribution >= 0.6 is 15.9 Å². The third-order valence-electron chi connectivity index (χ3n) is 3.79. The van der Waals surface area contributed by atoms with Gasteiger partial charge in [0, 0.05) is 12.4 Å². The second-order valence-corrected chi connectivity index (χ2v) is 6.62. The standard InChI is InChI=1S/C17H17BrFN5O/c1-11-16(18)10-24(22-11)12(2)17(25)21-15-7-20-23(9-15)8-13-3-5-14(19)6-4-13/h3-7,9-10,12H,8H2,1-2H3,(H,21,25). The second-order valence-electron chi connectivity index (χ2n) is 5.76. The van der Waals surface area contributed by atoms with E-state index < -0.39 is 6.04 Å². The van der Waals surface area contributed by atoms with Crippen LogP contribution in [0.1, 0.15) is 24.2 Å². The van der Waals surface area contributed by atoms with E-state index >= 15 is 0 Å². The lowest BCUT2D eigenvalue weighted by Gasteiger charge is -2.11. The zero-order valence-corrected chi connectivity index (χ0v) is 15.4. The number of halogens is 2. The number of hydrogen-bond acceptors (Lipinski definition) is 3. The van der Waals surface area contributed by atoms with Crippen LogP contribution in [0.4, 0.5) is 10.1 Å². The van der Waals surface area contributed by atoms with Crippen LogP contribution in [0, 0.1) is 12.7 Å². The first kappa shape index (κ1) is 17.3. The Bertz CT molecular complexity index is 867. The topological polar surface area (TPSA) is 64.7 Å². The monoisotopic (exact) mass is 405 g/mol. The third-order valence-corrected chi connectivity index (χ3v) is 4.57. The average molecular weight is 406 g/mol. The molecule has 0 bridgehead atoms. The van der Waals surface area contributed by atoms with Crippen molar-refractivity contribution in [1.29, 1.82) is 0 Å². The first-order chi connectivity index (χ1) is 11.9. The highest BCUT2D eigenvalue weighted by molar-refractivity contribution is 9.10. The average Bonchev–Trinajstić information content (AvgIpc) is 3.15. The minimum atomic E-state index is -0.453. The van der Waals surface area contributed by atoms with E-state index in [1.165, 1.54) is 12.1 Å². The Labute approximate surface area is 152 Å². The minimum Gasteiger partial charge on any atom is -0.322 e. The normalized spacial score (nSPS) is 12.2. The Morgan fingerprint density at radius 2 is 2.04 bits per heavy atom. The summed E-state index contributed by atoms with van der Waals surface area (Å²) < 4.78 is 17.1. The molecule has 1 unspecified atom stereocenters. The molecule has 1 aromatic carbocycles. The SMILES string of the molecule is Cc1nn(C(C)C(=O)Nc2cnn(Cc3ccc(F)cc3)c2)cc1Br. The van der Waals surface area contributed by atoms with E-state index in [4.69, 9.17) is 0 Å². The van der Waals surface area contributed by atoms with Gasteiger partial charge in [0.1, 0.15) is 11.9 Å². The van der Waals surface area contributed by atoms with Gasteiger partial charge in [0.05, 0.1) is 28.6 Å². The van der Waals surface area contributed by atoms with Crippen molar-refractivity contribution in [2.75, 3.05) is 5.32 Å². The molecule has 0 saturated carbocycles. The van der Waals surface area contributed by atoms with Gasteiger partial charge >= 0.3 is 0 Å². The summed E-state index contributed by atoms with van der Waals surface area (Å²) in [5, 5.41) is 11.3. The van der Waals surface area contributed by atoms with Crippen LogP contribution in [0.3, 0.4) is 0 Å². The maximum absolute atomic E-state index is 12.9. The Kier molecular flexibility index (Phi) is 4.98. The molecule has 0 aliphatic carbocycles. The molecule has 0 aliphatic rings. The Balaban J connectivity index is 1.64. The number of benzene rings is 1. The highest BCUT2D eigenvalue weighted by Gasteiger charge is 2.17. The van der Waals surface area contributed by atoms with E-state index in [1.807, 2.05) is 6.92 Å². The molecule has 3 aromatic rings. The number of hydrogen-bond donors (Lipinski definition) is 1. The molecule has 130 valence electrons. The number of nitrogens with zero attached hydrogens (tertiary/aromatic N) is 4. The van der Waals surface area contributed by atoms with Crippen molar-refractivity contribution in [2.24, 2.45) is 0 Å². The van der Waals surface area contributed by atoms with Crippen molar-refractivity contribution in [3.05, 3.63) is 64.4 Å². The highest BCUT2D eigenvalue weighted by Crippen LogP contribution is 2.18. The Morgan fingerprint density at radius 3 is 2.68 bits per heavy atom. The molecule has 2 aromatic heterocycles. The van der Waals surface area contributed by atoms with Gasteiger partial charge in [-0.15, -0.1) is 0 Å². The zero-order valence-electron chi connectivity index (χ0n) is 13.8. The van der Waals surface area contributed by atoms with Crippen molar-refractivity contribution in [3.8, 4) is 0 Å². The van der Waals surface area contributed by atoms with Crippen molar-refractivity contribution in [2.45, 2.75) is 26.4 Å². The molecule has 25 heavy (non-hydrogen) atoms. The molecule has 0 spiro atoms. The summed E-state index contributed by atoms with van der Waals surface area (Å²) >= 11 is 3.39. The molecule has 3 rings (SSSR count). The maximum Gasteiger partial charge on any atom is 0.249 e. The molecule has 1 amide bonds. The van der Waals surface area contributed by atoms with Crippen molar-refractivity contribution in [1.82, 2.24) is 19.6 Å². The number of nitrogens with one attached hydrogen (secondary N) is 1. The molecule has 0 aliphatic heterocycles. The quantitative estimate of drug-likeness (QED) is 0.705. The van der Waals surface area contributed by atoms with Gasteiger partial charge < -0.3 is 5.32 Å². The van der Waals surface area contributed by atoms with Gasteiger partial charge in [0.15, 0.2) is 0 Å². The third kappa shape index (κ3) is 4.14. The van der Waals surface area contributed by atoms with Gasteiger partial charge in [-0.1, -0.05) is 12.1 Å². The second kappa shape index (κ2) is 7.18. The maximum atomic E-state index is 12.9. The number of carbonyl (C=O) groups is 1. The summed E-state index contributed by atoms with van der Waals surface area (Å²) in [5.41, 5.74) is 2.35. The molecular weight excluding hydrogens is 389 g/mol. The van der Waals surface area contributed by atoms with Crippen LogP contribution in [0.25, 0.3) is 0 Å². The largest absolute Gasteiger partial charge is 0.322 e.